The number of rotatable bonds is 3. The quantitative estimate of drug-likeness (QED) is 0.869. The molecular formula is C19H21FN2O. The van der Waals surface area contributed by atoms with E-state index >= 15 is 0 Å². The summed E-state index contributed by atoms with van der Waals surface area (Å²) < 4.78 is 13.3. The molecule has 0 saturated carbocycles. The summed E-state index contributed by atoms with van der Waals surface area (Å²) in [6.45, 7) is 6.05. The van der Waals surface area contributed by atoms with Gasteiger partial charge in [0.15, 0.2) is 0 Å². The Balaban J connectivity index is 1.57. The van der Waals surface area contributed by atoms with Gasteiger partial charge in [0.05, 0.1) is 0 Å². The van der Waals surface area contributed by atoms with Crippen LogP contribution in [0.3, 0.4) is 0 Å². The maximum absolute atomic E-state index is 13.3. The van der Waals surface area contributed by atoms with Crippen LogP contribution in [0.2, 0.25) is 0 Å². The highest BCUT2D eigenvalue weighted by molar-refractivity contribution is 5.94. The average molecular weight is 312 g/mol. The monoisotopic (exact) mass is 312 g/mol. The van der Waals surface area contributed by atoms with E-state index in [1.54, 1.807) is 12.1 Å². The van der Waals surface area contributed by atoms with Gasteiger partial charge in [-0.3, -0.25) is 9.69 Å². The van der Waals surface area contributed by atoms with Gasteiger partial charge >= 0.3 is 0 Å². The van der Waals surface area contributed by atoms with Gasteiger partial charge in [-0.05, 0) is 30.7 Å². The topological polar surface area (TPSA) is 23.6 Å². The summed E-state index contributed by atoms with van der Waals surface area (Å²) in [5.41, 5.74) is 2.99. The summed E-state index contributed by atoms with van der Waals surface area (Å²) in [4.78, 5) is 16.6. The smallest absolute Gasteiger partial charge is 0.254 e. The maximum atomic E-state index is 13.3. The number of aryl methyl sites for hydroxylation is 1. The molecule has 4 heteroatoms. The van der Waals surface area contributed by atoms with Gasteiger partial charge in [0.1, 0.15) is 5.82 Å². The third kappa shape index (κ3) is 3.96. The predicted molar refractivity (Wildman–Crippen MR) is 88.8 cm³/mol. The molecule has 120 valence electrons. The minimum atomic E-state index is -0.367. The normalized spacial score (nSPS) is 15.7. The molecule has 2 aromatic carbocycles. The van der Waals surface area contributed by atoms with Gasteiger partial charge in [-0.15, -0.1) is 0 Å². The van der Waals surface area contributed by atoms with Crippen LogP contribution in [0.5, 0.6) is 0 Å². The van der Waals surface area contributed by atoms with E-state index < -0.39 is 0 Å². The van der Waals surface area contributed by atoms with Crippen molar-refractivity contribution in [2.24, 2.45) is 0 Å². The van der Waals surface area contributed by atoms with Gasteiger partial charge < -0.3 is 4.90 Å². The van der Waals surface area contributed by atoms with Crippen molar-refractivity contribution in [2.75, 3.05) is 26.2 Å². The van der Waals surface area contributed by atoms with Crippen LogP contribution in [-0.2, 0) is 6.54 Å². The fraction of sp³-hybridized carbons (Fsp3) is 0.316. The SMILES string of the molecule is Cc1cccc(CN2CCN(C(=O)c3cccc(F)c3)CC2)c1. The highest BCUT2D eigenvalue weighted by Crippen LogP contribution is 2.13. The second-order valence-corrected chi connectivity index (χ2v) is 6.07. The Hall–Kier alpha value is -2.20. The molecule has 1 aliphatic heterocycles. The van der Waals surface area contributed by atoms with Crippen LogP contribution in [-0.4, -0.2) is 41.9 Å². The van der Waals surface area contributed by atoms with E-state index in [1.165, 1.54) is 23.3 Å². The van der Waals surface area contributed by atoms with Crippen LogP contribution in [0.4, 0.5) is 4.39 Å². The molecular weight excluding hydrogens is 291 g/mol. The third-order valence-electron chi connectivity index (χ3n) is 4.22. The highest BCUT2D eigenvalue weighted by atomic mass is 19.1. The second kappa shape index (κ2) is 6.92. The molecule has 1 fully saturated rings. The summed E-state index contributed by atoms with van der Waals surface area (Å²) in [6.07, 6.45) is 0. The molecule has 0 atom stereocenters. The summed E-state index contributed by atoms with van der Waals surface area (Å²) in [5, 5.41) is 0. The summed E-state index contributed by atoms with van der Waals surface area (Å²) >= 11 is 0. The molecule has 0 unspecified atom stereocenters. The zero-order valence-corrected chi connectivity index (χ0v) is 13.3. The van der Waals surface area contributed by atoms with E-state index in [9.17, 15) is 9.18 Å². The van der Waals surface area contributed by atoms with Crippen LogP contribution in [0.15, 0.2) is 48.5 Å². The van der Waals surface area contributed by atoms with Crippen LogP contribution >= 0.6 is 0 Å². The van der Waals surface area contributed by atoms with Gasteiger partial charge in [-0.25, -0.2) is 4.39 Å². The van der Waals surface area contributed by atoms with E-state index in [1.807, 2.05) is 4.90 Å². The standard InChI is InChI=1S/C19H21FN2O/c1-15-4-2-5-16(12-15)14-21-8-10-22(11-9-21)19(23)17-6-3-7-18(20)13-17/h2-7,12-13H,8-11,14H2,1H3. The lowest BCUT2D eigenvalue weighted by Crippen LogP contribution is -2.48. The van der Waals surface area contributed by atoms with Crippen molar-refractivity contribution >= 4 is 5.91 Å². The summed E-state index contributed by atoms with van der Waals surface area (Å²) in [6, 6.07) is 14.4. The van der Waals surface area contributed by atoms with Crippen LogP contribution in [0, 0.1) is 12.7 Å². The first-order valence-corrected chi connectivity index (χ1v) is 7.94. The highest BCUT2D eigenvalue weighted by Gasteiger charge is 2.22. The van der Waals surface area contributed by atoms with Crippen molar-refractivity contribution in [2.45, 2.75) is 13.5 Å². The molecule has 3 nitrogen and oxygen atoms in total. The van der Waals surface area contributed by atoms with Crippen LogP contribution in [0.1, 0.15) is 21.5 Å². The molecule has 3 rings (SSSR count). The number of piperazine rings is 1. The van der Waals surface area contributed by atoms with E-state index in [2.05, 4.69) is 36.1 Å². The number of carbonyl (C=O) groups is 1. The zero-order chi connectivity index (χ0) is 16.2. The number of benzene rings is 2. The van der Waals surface area contributed by atoms with E-state index in [0.29, 0.717) is 18.7 Å². The average Bonchev–Trinajstić information content (AvgIpc) is 2.55. The first-order chi connectivity index (χ1) is 11.1. The molecule has 0 aromatic heterocycles. The minimum absolute atomic E-state index is 0.0836. The lowest BCUT2D eigenvalue weighted by atomic mass is 10.1. The Morgan fingerprint density at radius 1 is 1.04 bits per heavy atom. The predicted octanol–water partition coefficient (Wildman–Crippen LogP) is 3.09. The van der Waals surface area contributed by atoms with Gasteiger partial charge in [-0.2, -0.15) is 0 Å². The largest absolute Gasteiger partial charge is 0.336 e. The fourth-order valence-electron chi connectivity index (χ4n) is 2.98. The van der Waals surface area contributed by atoms with Crippen LogP contribution in [0.25, 0.3) is 0 Å². The Morgan fingerprint density at radius 2 is 1.78 bits per heavy atom. The van der Waals surface area contributed by atoms with E-state index in [4.69, 9.17) is 0 Å². The number of halogens is 1. The molecule has 0 bridgehead atoms. The molecule has 1 saturated heterocycles. The van der Waals surface area contributed by atoms with E-state index in [0.717, 1.165) is 19.6 Å². The Morgan fingerprint density at radius 3 is 2.48 bits per heavy atom. The van der Waals surface area contributed by atoms with Crippen molar-refractivity contribution in [3.63, 3.8) is 0 Å². The van der Waals surface area contributed by atoms with Gasteiger partial charge in [0.25, 0.3) is 5.91 Å². The van der Waals surface area contributed by atoms with Crippen molar-refractivity contribution in [3.05, 3.63) is 71.0 Å². The summed E-state index contributed by atoms with van der Waals surface area (Å²) in [5.74, 6) is -0.450. The summed E-state index contributed by atoms with van der Waals surface area (Å²) in [7, 11) is 0. The number of carbonyl (C=O) groups excluding carboxylic acids is 1. The molecule has 0 spiro atoms. The van der Waals surface area contributed by atoms with Crippen molar-refractivity contribution in [3.8, 4) is 0 Å². The molecule has 1 heterocycles. The molecule has 2 aromatic rings. The van der Waals surface area contributed by atoms with Crippen molar-refractivity contribution in [1.82, 2.24) is 9.80 Å². The first kappa shape index (κ1) is 15.7. The number of hydrogen-bond donors (Lipinski definition) is 0. The molecule has 0 aliphatic carbocycles. The number of nitrogens with zero attached hydrogens (tertiary/aromatic N) is 2. The van der Waals surface area contributed by atoms with Crippen molar-refractivity contribution in [1.29, 1.82) is 0 Å². The molecule has 0 N–H and O–H groups in total. The molecule has 1 aliphatic rings. The van der Waals surface area contributed by atoms with Gasteiger partial charge in [0.2, 0.25) is 0 Å². The zero-order valence-electron chi connectivity index (χ0n) is 13.3. The Labute approximate surface area is 136 Å². The maximum Gasteiger partial charge on any atom is 0.254 e. The molecule has 1 amide bonds. The van der Waals surface area contributed by atoms with Crippen molar-refractivity contribution < 1.29 is 9.18 Å². The third-order valence-corrected chi connectivity index (χ3v) is 4.22. The lowest BCUT2D eigenvalue weighted by molar-refractivity contribution is 0.0628. The molecule has 0 radical (unpaired) electrons. The van der Waals surface area contributed by atoms with Gasteiger partial charge in [-0.1, -0.05) is 35.9 Å². The number of amides is 1. The van der Waals surface area contributed by atoms with E-state index in [-0.39, 0.29) is 11.7 Å². The Kier molecular flexibility index (Phi) is 4.72. The van der Waals surface area contributed by atoms with Crippen LogP contribution < -0.4 is 0 Å². The molecule has 23 heavy (non-hydrogen) atoms. The number of hydrogen-bond acceptors (Lipinski definition) is 2. The fourth-order valence-corrected chi connectivity index (χ4v) is 2.98. The van der Waals surface area contributed by atoms with Gasteiger partial charge in [0, 0.05) is 38.3 Å². The lowest BCUT2D eigenvalue weighted by Gasteiger charge is -2.34. The minimum Gasteiger partial charge on any atom is -0.336 e. The Bertz CT molecular complexity index is 693. The first-order valence-electron chi connectivity index (χ1n) is 7.94. The second-order valence-electron chi connectivity index (χ2n) is 6.07.